The van der Waals surface area contributed by atoms with Crippen LogP contribution in [0.3, 0.4) is 0 Å². The maximum absolute atomic E-state index is 13.1. The maximum atomic E-state index is 13.1. The first-order valence-electron chi connectivity index (χ1n) is 8.84. The lowest BCUT2D eigenvalue weighted by Crippen LogP contribution is -2.48. The average Bonchev–Trinajstić information content (AvgIpc) is 3.30. The second kappa shape index (κ2) is 6.21. The molecule has 3 aromatic rings. The van der Waals surface area contributed by atoms with Gasteiger partial charge in [0.25, 0.3) is 5.91 Å². The second-order valence-corrected chi connectivity index (χ2v) is 7.18. The van der Waals surface area contributed by atoms with Crippen molar-refractivity contribution in [3.8, 4) is 0 Å². The van der Waals surface area contributed by atoms with Crippen LogP contribution in [-0.2, 0) is 5.60 Å². The number of fused-ring (bicyclic) bond motifs is 1. The first kappa shape index (κ1) is 16.7. The summed E-state index contributed by atoms with van der Waals surface area (Å²) in [6.45, 7) is 4.82. The summed E-state index contributed by atoms with van der Waals surface area (Å²) < 4.78 is 1.72. The Hall–Kier alpha value is -2.74. The molecule has 4 rings (SSSR count). The number of piperidine rings is 1. The number of hydrogen-bond donors (Lipinski definition) is 2. The van der Waals surface area contributed by atoms with E-state index >= 15 is 0 Å². The van der Waals surface area contributed by atoms with Gasteiger partial charge in [-0.3, -0.25) is 9.89 Å². The Kier molecular flexibility index (Phi) is 3.99. The number of β-amino-alcohol motifs (C(OH)–C–C–N with tert-alkyl or cyclic N) is 1. The lowest BCUT2D eigenvalue weighted by molar-refractivity contribution is -0.0320. The number of nitrogens with zero attached hydrogens (tertiary/aromatic N) is 5. The van der Waals surface area contributed by atoms with E-state index in [-0.39, 0.29) is 18.5 Å². The van der Waals surface area contributed by atoms with Crippen LogP contribution in [0, 0.1) is 0 Å². The normalized spacial score (nSPS) is 20.8. The number of amides is 1. The summed E-state index contributed by atoms with van der Waals surface area (Å²) in [7, 11) is 0. The third kappa shape index (κ3) is 2.76. The van der Waals surface area contributed by atoms with Crippen LogP contribution in [0.1, 0.15) is 48.8 Å². The molecule has 26 heavy (non-hydrogen) atoms. The fourth-order valence-electron chi connectivity index (χ4n) is 3.49. The van der Waals surface area contributed by atoms with Crippen molar-refractivity contribution >= 4 is 16.8 Å². The van der Waals surface area contributed by atoms with E-state index in [2.05, 4.69) is 20.5 Å². The highest BCUT2D eigenvalue weighted by Gasteiger charge is 2.39. The van der Waals surface area contributed by atoms with Crippen LogP contribution in [-0.4, -0.2) is 54.2 Å². The summed E-state index contributed by atoms with van der Waals surface area (Å²) in [6, 6.07) is 5.68. The highest BCUT2D eigenvalue weighted by atomic mass is 16.3. The molecule has 0 unspecified atom stereocenters. The predicted molar refractivity (Wildman–Crippen MR) is 95.5 cm³/mol. The molecular formula is C18H22N6O2. The van der Waals surface area contributed by atoms with Crippen molar-refractivity contribution in [2.75, 3.05) is 13.1 Å². The molecule has 1 aromatic carbocycles. The zero-order valence-corrected chi connectivity index (χ0v) is 14.9. The molecule has 1 fully saturated rings. The standard InChI is InChI=1S/C18H22N6O2/c1-12(2)24-10-16(21-22-24)18(26)7-4-8-23(11-18)17(25)13-5-3-6-15-14(13)9-19-20-15/h3,5-6,9-10,12,26H,4,7-8,11H2,1-2H3,(H,19,20)/t18-/m1/s1. The molecule has 136 valence electrons. The van der Waals surface area contributed by atoms with Crippen LogP contribution < -0.4 is 0 Å². The Labute approximate surface area is 150 Å². The van der Waals surface area contributed by atoms with Crippen molar-refractivity contribution in [3.63, 3.8) is 0 Å². The molecule has 8 heteroatoms. The molecule has 3 heterocycles. The third-order valence-electron chi connectivity index (χ3n) is 4.99. The predicted octanol–water partition coefficient (Wildman–Crippen LogP) is 1.86. The number of benzene rings is 1. The van der Waals surface area contributed by atoms with E-state index in [1.165, 1.54) is 0 Å². The van der Waals surface area contributed by atoms with Gasteiger partial charge in [-0.05, 0) is 38.8 Å². The number of carbonyl (C=O) groups is 1. The topological polar surface area (TPSA) is 99.9 Å². The number of H-pyrrole nitrogens is 1. The van der Waals surface area contributed by atoms with E-state index in [9.17, 15) is 9.90 Å². The van der Waals surface area contributed by atoms with E-state index in [0.29, 0.717) is 30.6 Å². The number of likely N-dealkylation sites (tertiary alicyclic amines) is 1. The summed E-state index contributed by atoms with van der Waals surface area (Å²) in [5.41, 5.74) is 0.755. The highest BCUT2D eigenvalue weighted by Crippen LogP contribution is 2.31. The van der Waals surface area contributed by atoms with Gasteiger partial charge in [-0.2, -0.15) is 5.10 Å². The van der Waals surface area contributed by atoms with Crippen molar-refractivity contribution < 1.29 is 9.90 Å². The first-order valence-corrected chi connectivity index (χ1v) is 8.84. The van der Waals surface area contributed by atoms with E-state index in [1.54, 1.807) is 28.0 Å². The molecular weight excluding hydrogens is 332 g/mol. The Morgan fingerprint density at radius 1 is 1.38 bits per heavy atom. The number of hydrogen-bond acceptors (Lipinski definition) is 5. The first-order chi connectivity index (χ1) is 12.5. The summed E-state index contributed by atoms with van der Waals surface area (Å²) >= 11 is 0. The minimum absolute atomic E-state index is 0.105. The van der Waals surface area contributed by atoms with Gasteiger partial charge in [-0.15, -0.1) is 5.10 Å². The summed E-state index contributed by atoms with van der Waals surface area (Å²) in [4.78, 5) is 14.8. The van der Waals surface area contributed by atoms with Gasteiger partial charge in [0.2, 0.25) is 0 Å². The van der Waals surface area contributed by atoms with Gasteiger partial charge in [0.1, 0.15) is 11.3 Å². The summed E-state index contributed by atoms with van der Waals surface area (Å²) in [5.74, 6) is -0.105. The van der Waals surface area contributed by atoms with Gasteiger partial charge in [0.15, 0.2) is 0 Å². The van der Waals surface area contributed by atoms with Crippen LogP contribution in [0.4, 0.5) is 0 Å². The van der Waals surface area contributed by atoms with Crippen molar-refractivity contribution in [2.45, 2.75) is 38.3 Å². The van der Waals surface area contributed by atoms with Crippen molar-refractivity contribution in [1.29, 1.82) is 0 Å². The SMILES string of the molecule is CC(C)n1cc([C@@]2(O)CCCN(C(=O)c3cccc4[nH]ncc34)C2)nn1. The number of aliphatic hydroxyl groups is 1. The molecule has 0 spiro atoms. The van der Waals surface area contributed by atoms with E-state index < -0.39 is 5.60 Å². The Balaban J connectivity index is 1.61. The lowest BCUT2D eigenvalue weighted by atomic mass is 9.89. The van der Waals surface area contributed by atoms with E-state index in [4.69, 9.17) is 0 Å². The largest absolute Gasteiger partial charge is 0.382 e. The molecule has 0 saturated carbocycles. The minimum Gasteiger partial charge on any atom is -0.382 e. The summed E-state index contributed by atoms with van der Waals surface area (Å²) in [5, 5.41) is 27.1. The zero-order valence-electron chi connectivity index (χ0n) is 14.9. The van der Waals surface area contributed by atoms with Gasteiger partial charge in [-0.25, -0.2) is 4.68 Å². The molecule has 1 atom stereocenters. The maximum Gasteiger partial charge on any atom is 0.254 e. The Morgan fingerprint density at radius 3 is 3.00 bits per heavy atom. The zero-order chi connectivity index (χ0) is 18.3. The van der Waals surface area contributed by atoms with Crippen LogP contribution in [0.15, 0.2) is 30.6 Å². The number of rotatable bonds is 3. The van der Waals surface area contributed by atoms with Crippen LogP contribution in [0.2, 0.25) is 0 Å². The molecule has 0 bridgehead atoms. The van der Waals surface area contributed by atoms with Gasteiger partial charge >= 0.3 is 0 Å². The fourth-order valence-corrected chi connectivity index (χ4v) is 3.49. The quantitative estimate of drug-likeness (QED) is 0.748. The van der Waals surface area contributed by atoms with Gasteiger partial charge in [0.05, 0.1) is 30.0 Å². The average molecular weight is 354 g/mol. The summed E-state index contributed by atoms with van der Waals surface area (Å²) in [6.07, 6.45) is 4.70. The smallest absolute Gasteiger partial charge is 0.254 e. The number of carbonyl (C=O) groups excluding carboxylic acids is 1. The molecule has 8 nitrogen and oxygen atoms in total. The van der Waals surface area contributed by atoms with Crippen molar-refractivity contribution in [2.24, 2.45) is 0 Å². The van der Waals surface area contributed by atoms with Gasteiger partial charge < -0.3 is 10.0 Å². The molecule has 1 saturated heterocycles. The highest BCUT2D eigenvalue weighted by molar-refractivity contribution is 6.06. The number of aromatic nitrogens is 5. The van der Waals surface area contributed by atoms with Crippen molar-refractivity contribution in [1.82, 2.24) is 30.1 Å². The van der Waals surface area contributed by atoms with Gasteiger partial charge in [-0.1, -0.05) is 11.3 Å². The molecule has 0 radical (unpaired) electrons. The Morgan fingerprint density at radius 2 is 2.23 bits per heavy atom. The van der Waals surface area contributed by atoms with Crippen LogP contribution in [0.25, 0.3) is 10.9 Å². The lowest BCUT2D eigenvalue weighted by Gasteiger charge is -2.38. The molecule has 2 aromatic heterocycles. The molecule has 1 amide bonds. The van der Waals surface area contributed by atoms with E-state index in [0.717, 1.165) is 10.9 Å². The third-order valence-corrected chi connectivity index (χ3v) is 4.99. The van der Waals surface area contributed by atoms with Crippen LogP contribution in [0.5, 0.6) is 0 Å². The molecule has 2 N–H and O–H groups in total. The minimum atomic E-state index is -1.18. The molecule has 0 aliphatic carbocycles. The van der Waals surface area contributed by atoms with Gasteiger partial charge in [0, 0.05) is 18.0 Å². The van der Waals surface area contributed by atoms with E-state index in [1.807, 2.05) is 26.0 Å². The monoisotopic (exact) mass is 354 g/mol. The molecule has 1 aliphatic rings. The number of nitrogens with one attached hydrogen (secondary N) is 1. The molecule has 1 aliphatic heterocycles. The number of aromatic amines is 1. The fraction of sp³-hybridized carbons (Fsp3) is 0.444. The Bertz CT molecular complexity index is 946. The second-order valence-electron chi connectivity index (χ2n) is 7.18. The van der Waals surface area contributed by atoms with Crippen LogP contribution >= 0.6 is 0 Å². The van der Waals surface area contributed by atoms with Crippen molar-refractivity contribution in [3.05, 3.63) is 41.9 Å².